The van der Waals surface area contributed by atoms with Crippen LogP contribution in [0.2, 0.25) is 0 Å². The molecule has 0 aromatic heterocycles. The minimum Gasteiger partial charge on any atom is -0.393 e. The highest BCUT2D eigenvalue weighted by Crippen LogP contribution is 2.24. The van der Waals surface area contributed by atoms with Gasteiger partial charge in [0.1, 0.15) is 5.60 Å². The molecule has 0 radical (unpaired) electrons. The van der Waals surface area contributed by atoms with Crippen LogP contribution in [0.15, 0.2) is 30.3 Å². The Morgan fingerprint density at radius 2 is 2.06 bits per heavy atom. The molecule has 1 unspecified atom stereocenters. The van der Waals surface area contributed by atoms with Crippen molar-refractivity contribution in [2.45, 2.75) is 31.9 Å². The Labute approximate surface area is 109 Å². The molecule has 3 nitrogen and oxygen atoms in total. The number of morpholine rings is 1. The first-order valence-electron chi connectivity index (χ1n) is 6.68. The predicted octanol–water partition coefficient (Wildman–Crippen LogP) is 1.70. The van der Waals surface area contributed by atoms with E-state index in [0.29, 0.717) is 12.6 Å². The van der Waals surface area contributed by atoms with Crippen LogP contribution in [0.5, 0.6) is 0 Å². The summed E-state index contributed by atoms with van der Waals surface area (Å²) < 4.78 is 5.91. The third kappa shape index (κ3) is 3.10. The highest BCUT2D eigenvalue weighted by molar-refractivity contribution is 5.18. The van der Waals surface area contributed by atoms with E-state index in [9.17, 15) is 5.11 Å². The lowest BCUT2D eigenvalue weighted by Gasteiger charge is -2.43. The normalized spacial score (nSPS) is 25.6. The Bertz CT molecular complexity index is 366. The zero-order valence-electron chi connectivity index (χ0n) is 11.3. The van der Waals surface area contributed by atoms with Gasteiger partial charge in [0.15, 0.2) is 0 Å². The maximum absolute atomic E-state index is 9.75. The van der Waals surface area contributed by atoms with E-state index < -0.39 is 5.60 Å². The molecule has 18 heavy (non-hydrogen) atoms. The Balaban J connectivity index is 2.10. The maximum atomic E-state index is 9.75. The summed E-state index contributed by atoms with van der Waals surface area (Å²) >= 11 is 0. The maximum Gasteiger partial charge on any atom is 0.108 e. The Morgan fingerprint density at radius 1 is 1.33 bits per heavy atom. The van der Waals surface area contributed by atoms with Crippen molar-refractivity contribution >= 4 is 0 Å². The van der Waals surface area contributed by atoms with Gasteiger partial charge in [0.2, 0.25) is 0 Å². The lowest BCUT2D eigenvalue weighted by atomic mass is 9.92. The fourth-order valence-electron chi connectivity index (χ4n) is 2.54. The molecule has 1 aromatic carbocycles. The highest BCUT2D eigenvalue weighted by atomic mass is 16.5. The van der Waals surface area contributed by atoms with Crippen LogP contribution < -0.4 is 0 Å². The second-order valence-corrected chi connectivity index (χ2v) is 5.42. The number of aliphatic hydroxyl groups is 1. The van der Waals surface area contributed by atoms with Gasteiger partial charge >= 0.3 is 0 Å². The van der Waals surface area contributed by atoms with E-state index in [1.165, 1.54) is 5.56 Å². The smallest absolute Gasteiger partial charge is 0.108 e. The van der Waals surface area contributed by atoms with E-state index in [0.717, 1.165) is 19.5 Å². The van der Waals surface area contributed by atoms with Crippen molar-refractivity contribution in [3.63, 3.8) is 0 Å². The van der Waals surface area contributed by atoms with Crippen molar-refractivity contribution < 1.29 is 9.84 Å². The fraction of sp³-hybridized carbons (Fsp3) is 0.600. The SMILES string of the molecule is CC(C)N1CCOC(CO)(Cc2ccccc2)C1. The van der Waals surface area contributed by atoms with Crippen LogP contribution >= 0.6 is 0 Å². The van der Waals surface area contributed by atoms with Gasteiger partial charge in [-0.05, 0) is 19.4 Å². The predicted molar refractivity (Wildman–Crippen MR) is 72.6 cm³/mol. The van der Waals surface area contributed by atoms with Crippen molar-refractivity contribution in [3.8, 4) is 0 Å². The minimum absolute atomic E-state index is 0.0745. The van der Waals surface area contributed by atoms with Gasteiger partial charge in [-0.1, -0.05) is 30.3 Å². The lowest BCUT2D eigenvalue weighted by molar-refractivity contribution is -0.137. The van der Waals surface area contributed by atoms with Crippen molar-refractivity contribution in [2.75, 3.05) is 26.3 Å². The molecule has 1 aromatic rings. The highest BCUT2D eigenvalue weighted by Gasteiger charge is 2.37. The van der Waals surface area contributed by atoms with E-state index >= 15 is 0 Å². The van der Waals surface area contributed by atoms with Crippen LogP contribution in [0.4, 0.5) is 0 Å². The van der Waals surface area contributed by atoms with Crippen molar-refractivity contribution in [2.24, 2.45) is 0 Å². The molecule has 1 atom stereocenters. The van der Waals surface area contributed by atoms with Crippen LogP contribution in [-0.2, 0) is 11.2 Å². The zero-order valence-corrected chi connectivity index (χ0v) is 11.3. The van der Waals surface area contributed by atoms with E-state index in [4.69, 9.17) is 4.74 Å². The summed E-state index contributed by atoms with van der Waals surface area (Å²) in [6.45, 7) is 6.91. The lowest BCUT2D eigenvalue weighted by Crippen LogP contribution is -2.56. The molecule has 1 saturated heterocycles. The van der Waals surface area contributed by atoms with Gasteiger partial charge in [-0.3, -0.25) is 4.90 Å². The largest absolute Gasteiger partial charge is 0.393 e. The minimum atomic E-state index is -0.441. The molecule has 2 rings (SSSR count). The van der Waals surface area contributed by atoms with Crippen LogP contribution in [0.1, 0.15) is 19.4 Å². The quantitative estimate of drug-likeness (QED) is 0.881. The number of hydrogen-bond donors (Lipinski definition) is 1. The Morgan fingerprint density at radius 3 is 2.67 bits per heavy atom. The number of hydrogen-bond acceptors (Lipinski definition) is 3. The molecule has 3 heteroatoms. The topological polar surface area (TPSA) is 32.7 Å². The number of aliphatic hydroxyl groups excluding tert-OH is 1. The van der Waals surface area contributed by atoms with Crippen molar-refractivity contribution in [1.82, 2.24) is 4.90 Å². The van der Waals surface area contributed by atoms with E-state index in [2.05, 4.69) is 30.9 Å². The number of nitrogens with zero attached hydrogens (tertiary/aromatic N) is 1. The van der Waals surface area contributed by atoms with Crippen LogP contribution in [0.25, 0.3) is 0 Å². The van der Waals surface area contributed by atoms with E-state index in [1.807, 2.05) is 18.2 Å². The monoisotopic (exact) mass is 249 g/mol. The van der Waals surface area contributed by atoms with Gasteiger partial charge in [0.25, 0.3) is 0 Å². The molecule has 100 valence electrons. The number of ether oxygens (including phenoxy) is 1. The summed E-state index contributed by atoms with van der Waals surface area (Å²) in [7, 11) is 0. The molecule has 1 aliphatic heterocycles. The molecule has 0 bridgehead atoms. The van der Waals surface area contributed by atoms with Gasteiger partial charge in [-0.15, -0.1) is 0 Å². The second kappa shape index (κ2) is 5.83. The van der Waals surface area contributed by atoms with Crippen LogP contribution in [0, 0.1) is 0 Å². The zero-order chi connectivity index (χ0) is 13.0. The molecule has 1 aliphatic rings. The summed E-state index contributed by atoms with van der Waals surface area (Å²) in [5.74, 6) is 0. The van der Waals surface area contributed by atoms with Crippen molar-refractivity contribution in [3.05, 3.63) is 35.9 Å². The molecule has 0 saturated carbocycles. The van der Waals surface area contributed by atoms with Crippen LogP contribution in [0.3, 0.4) is 0 Å². The average Bonchev–Trinajstić information content (AvgIpc) is 2.40. The van der Waals surface area contributed by atoms with Gasteiger partial charge in [0, 0.05) is 25.6 Å². The molecule has 0 aliphatic carbocycles. The molecular formula is C15H23NO2. The fourth-order valence-corrected chi connectivity index (χ4v) is 2.54. The summed E-state index contributed by atoms with van der Waals surface area (Å²) in [4.78, 5) is 2.38. The average molecular weight is 249 g/mol. The third-order valence-corrected chi connectivity index (χ3v) is 3.67. The number of benzene rings is 1. The molecule has 1 fully saturated rings. The van der Waals surface area contributed by atoms with Crippen molar-refractivity contribution in [1.29, 1.82) is 0 Å². The molecule has 1 N–H and O–H groups in total. The summed E-state index contributed by atoms with van der Waals surface area (Å²) in [6.07, 6.45) is 0.771. The van der Waals surface area contributed by atoms with Gasteiger partial charge in [-0.25, -0.2) is 0 Å². The first kappa shape index (κ1) is 13.5. The van der Waals surface area contributed by atoms with E-state index in [-0.39, 0.29) is 6.61 Å². The summed E-state index contributed by atoms with van der Waals surface area (Å²) in [5, 5.41) is 9.75. The number of rotatable bonds is 4. The summed E-state index contributed by atoms with van der Waals surface area (Å²) in [6, 6.07) is 10.8. The van der Waals surface area contributed by atoms with Gasteiger partial charge in [-0.2, -0.15) is 0 Å². The molecule has 0 amide bonds. The summed E-state index contributed by atoms with van der Waals surface area (Å²) in [5.41, 5.74) is 0.779. The van der Waals surface area contributed by atoms with E-state index in [1.54, 1.807) is 0 Å². The standard InChI is InChI=1S/C15H23NO2/c1-13(2)16-8-9-18-15(11-16,12-17)10-14-6-4-3-5-7-14/h3-7,13,17H,8-12H2,1-2H3. The Kier molecular flexibility index (Phi) is 4.38. The Hall–Kier alpha value is -0.900. The molecule has 0 spiro atoms. The van der Waals surface area contributed by atoms with Gasteiger partial charge < -0.3 is 9.84 Å². The molecular weight excluding hydrogens is 226 g/mol. The molecule has 1 heterocycles. The first-order chi connectivity index (χ1) is 8.65. The first-order valence-corrected chi connectivity index (χ1v) is 6.68. The third-order valence-electron chi connectivity index (χ3n) is 3.67. The second-order valence-electron chi connectivity index (χ2n) is 5.42. The van der Waals surface area contributed by atoms with Gasteiger partial charge in [0.05, 0.1) is 13.2 Å². The van der Waals surface area contributed by atoms with Crippen LogP contribution in [-0.4, -0.2) is 48.0 Å².